The summed E-state index contributed by atoms with van der Waals surface area (Å²) in [7, 11) is -5.30. The van der Waals surface area contributed by atoms with Crippen molar-refractivity contribution in [3.8, 4) is 0 Å². The molecule has 0 bridgehead atoms. The molecular weight excluding hydrogens is 517 g/mol. The first-order chi connectivity index (χ1) is 17.2. The molecule has 2 aromatic rings. The van der Waals surface area contributed by atoms with Gasteiger partial charge in [-0.3, -0.25) is 14.3 Å². The van der Waals surface area contributed by atoms with Gasteiger partial charge in [-0.2, -0.15) is 4.98 Å². The maximum absolute atomic E-state index is 12.7. The van der Waals surface area contributed by atoms with Crippen LogP contribution in [0.3, 0.4) is 0 Å². The van der Waals surface area contributed by atoms with Crippen LogP contribution in [0.4, 0.5) is 15.5 Å². The Morgan fingerprint density at radius 1 is 1.16 bits per heavy atom. The highest BCUT2D eigenvalue weighted by molar-refractivity contribution is 7.53. The molecule has 0 aromatic carbocycles. The molecule has 0 unspecified atom stereocenters. The van der Waals surface area contributed by atoms with Crippen LogP contribution in [0.15, 0.2) is 11.1 Å². The molecule has 1 fully saturated rings. The van der Waals surface area contributed by atoms with Crippen LogP contribution in [0.2, 0.25) is 0 Å². The van der Waals surface area contributed by atoms with Gasteiger partial charge >= 0.3 is 19.9 Å². The fourth-order valence-electron chi connectivity index (χ4n) is 3.36. The molecule has 206 valence electrons. The Bertz CT molecular complexity index is 1220. The Hall–Kier alpha value is -3.20. The predicted octanol–water partition coefficient (Wildman–Crippen LogP) is 1.25. The fraction of sp³-hybridized carbons (Fsp3) is 0.650. The summed E-state index contributed by atoms with van der Waals surface area (Å²) in [6, 6.07) is 0. The van der Waals surface area contributed by atoms with Gasteiger partial charge in [0.2, 0.25) is 11.3 Å². The molecule has 37 heavy (non-hydrogen) atoms. The molecule has 0 aliphatic heterocycles. The lowest BCUT2D eigenvalue weighted by molar-refractivity contribution is -0.132. The summed E-state index contributed by atoms with van der Waals surface area (Å²) < 4.78 is 39.8. The van der Waals surface area contributed by atoms with Crippen LogP contribution < -0.4 is 11.3 Å². The molecule has 0 amide bonds. The number of imidazole rings is 1. The Labute approximate surface area is 210 Å². The zero-order valence-corrected chi connectivity index (χ0v) is 21.6. The molecule has 3 rings (SSSR count). The lowest BCUT2D eigenvalue weighted by Crippen LogP contribution is -2.48. The first-order valence-electron chi connectivity index (χ1n) is 11.3. The standard InChI is InChI=1S/C20H30N5O11P/c1-11(2)34-17(27)32-8-20(37(29,30)31,9-33-18(28)35-12(3)4)36-19(5-6-19)7-25-10-22-13-14(25)23-16(21)24-15(13)26/h10-12H,5-9H2,1-4H3,(H2,29,30,31)(H3,21,23,24,26). The van der Waals surface area contributed by atoms with Gasteiger partial charge in [-0.25, -0.2) is 14.6 Å². The van der Waals surface area contributed by atoms with E-state index in [2.05, 4.69) is 15.0 Å². The molecule has 2 aromatic heterocycles. The minimum Gasteiger partial charge on any atom is -0.432 e. The van der Waals surface area contributed by atoms with E-state index in [4.69, 9.17) is 29.4 Å². The Kier molecular flexibility index (Phi) is 8.17. The summed E-state index contributed by atoms with van der Waals surface area (Å²) in [6.45, 7) is 4.16. The molecule has 16 nitrogen and oxygen atoms in total. The lowest BCUT2D eigenvalue weighted by Gasteiger charge is -2.36. The minimum absolute atomic E-state index is 0.00535. The SMILES string of the molecule is CC(C)OC(=O)OCC(COC(=O)OC(C)C)(OC1(Cn2cnc3c(=O)[nH]c(N)nc32)CC1)P(=O)(O)O. The van der Waals surface area contributed by atoms with E-state index in [1.807, 2.05) is 0 Å². The highest BCUT2D eigenvalue weighted by Gasteiger charge is 2.60. The monoisotopic (exact) mass is 547 g/mol. The molecule has 1 aliphatic rings. The molecular formula is C20H30N5O11P. The number of hydrogen-bond acceptors (Lipinski definition) is 12. The zero-order chi connectivity index (χ0) is 27.6. The van der Waals surface area contributed by atoms with Crippen LogP contribution in [0, 0.1) is 0 Å². The van der Waals surface area contributed by atoms with Gasteiger partial charge < -0.3 is 43.8 Å². The Morgan fingerprint density at radius 3 is 2.16 bits per heavy atom. The molecule has 17 heteroatoms. The van der Waals surface area contributed by atoms with Crippen LogP contribution in [0.25, 0.3) is 11.2 Å². The van der Waals surface area contributed by atoms with Gasteiger partial charge in [-0.05, 0) is 40.5 Å². The van der Waals surface area contributed by atoms with E-state index in [1.54, 1.807) is 27.7 Å². The van der Waals surface area contributed by atoms with Crippen molar-refractivity contribution in [1.29, 1.82) is 0 Å². The highest BCUT2D eigenvalue weighted by atomic mass is 31.2. The number of nitrogens with one attached hydrogen (secondary N) is 1. The van der Waals surface area contributed by atoms with Gasteiger partial charge in [0.15, 0.2) is 11.2 Å². The van der Waals surface area contributed by atoms with Crippen molar-refractivity contribution in [1.82, 2.24) is 19.5 Å². The van der Waals surface area contributed by atoms with E-state index >= 15 is 0 Å². The normalized spacial score (nSPS) is 15.1. The molecule has 0 saturated heterocycles. The van der Waals surface area contributed by atoms with E-state index in [0.717, 1.165) is 0 Å². The van der Waals surface area contributed by atoms with E-state index in [-0.39, 0.29) is 23.7 Å². The lowest BCUT2D eigenvalue weighted by atomic mass is 10.3. The van der Waals surface area contributed by atoms with E-state index in [1.165, 1.54) is 10.9 Å². The largest absolute Gasteiger partial charge is 0.508 e. The summed E-state index contributed by atoms with van der Waals surface area (Å²) in [5.41, 5.74) is 3.99. The maximum Gasteiger partial charge on any atom is 0.508 e. The van der Waals surface area contributed by atoms with Crippen molar-refractivity contribution in [2.75, 3.05) is 18.9 Å². The van der Waals surface area contributed by atoms with Crippen LogP contribution in [0.5, 0.6) is 0 Å². The van der Waals surface area contributed by atoms with Crippen molar-refractivity contribution >= 4 is 37.0 Å². The first-order valence-corrected chi connectivity index (χ1v) is 12.9. The quantitative estimate of drug-likeness (QED) is 0.229. The van der Waals surface area contributed by atoms with E-state index in [9.17, 15) is 28.7 Å². The number of H-pyrrole nitrogens is 1. The van der Waals surface area contributed by atoms with Crippen LogP contribution in [-0.2, 0) is 34.8 Å². The van der Waals surface area contributed by atoms with Gasteiger partial charge in [0.25, 0.3) is 5.56 Å². The smallest absolute Gasteiger partial charge is 0.432 e. The minimum atomic E-state index is -5.30. The van der Waals surface area contributed by atoms with Gasteiger partial charge in [0, 0.05) is 0 Å². The van der Waals surface area contributed by atoms with Gasteiger partial charge in [0.05, 0.1) is 30.7 Å². The molecule has 2 heterocycles. The van der Waals surface area contributed by atoms with E-state index in [0.29, 0.717) is 12.8 Å². The van der Waals surface area contributed by atoms with Gasteiger partial charge in [-0.15, -0.1) is 0 Å². The number of ether oxygens (including phenoxy) is 5. The third-order valence-corrected chi connectivity index (χ3v) is 6.60. The van der Waals surface area contributed by atoms with Crippen molar-refractivity contribution in [2.45, 2.75) is 70.2 Å². The number of fused-ring (bicyclic) bond motifs is 1. The van der Waals surface area contributed by atoms with Gasteiger partial charge in [-0.1, -0.05) is 0 Å². The second-order valence-electron chi connectivity index (χ2n) is 9.18. The summed E-state index contributed by atoms with van der Waals surface area (Å²) in [5.74, 6) is -0.149. The van der Waals surface area contributed by atoms with Gasteiger partial charge in [0.1, 0.15) is 13.2 Å². The number of aromatic amines is 1. The third-order valence-electron chi connectivity index (χ3n) is 5.19. The Balaban J connectivity index is 1.91. The number of anilines is 1. The van der Waals surface area contributed by atoms with Crippen LogP contribution in [0.1, 0.15) is 40.5 Å². The molecule has 0 spiro atoms. The number of hydrogen-bond donors (Lipinski definition) is 4. The number of nitrogen functional groups attached to an aromatic ring is 1. The average molecular weight is 547 g/mol. The zero-order valence-electron chi connectivity index (χ0n) is 20.7. The van der Waals surface area contributed by atoms with Crippen molar-refractivity contribution in [2.24, 2.45) is 0 Å². The maximum atomic E-state index is 12.7. The second kappa shape index (κ2) is 10.7. The first kappa shape index (κ1) is 28.4. The topological polar surface area (TPSA) is 227 Å². The molecule has 1 saturated carbocycles. The number of nitrogens with zero attached hydrogens (tertiary/aromatic N) is 3. The molecule has 1 aliphatic carbocycles. The summed E-state index contributed by atoms with van der Waals surface area (Å²) >= 11 is 0. The number of carbonyl (C=O) groups is 2. The van der Waals surface area contributed by atoms with Crippen molar-refractivity contribution < 1.29 is 47.6 Å². The highest BCUT2D eigenvalue weighted by Crippen LogP contribution is 2.57. The van der Waals surface area contributed by atoms with E-state index < -0.39 is 61.8 Å². The predicted molar refractivity (Wildman–Crippen MR) is 126 cm³/mol. The van der Waals surface area contributed by atoms with Crippen molar-refractivity contribution in [3.63, 3.8) is 0 Å². The average Bonchev–Trinajstić information content (AvgIpc) is 3.39. The fourth-order valence-corrected chi connectivity index (χ4v) is 4.13. The summed E-state index contributed by atoms with van der Waals surface area (Å²) in [4.78, 5) is 67.1. The number of carbonyl (C=O) groups excluding carboxylic acids is 2. The third kappa shape index (κ3) is 6.97. The molecule has 0 radical (unpaired) electrons. The second-order valence-corrected chi connectivity index (χ2v) is 11.1. The Morgan fingerprint density at radius 2 is 1.70 bits per heavy atom. The number of aromatic nitrogens is 4. The summed E-state index contributed by atoms with van der Waals surface area (Å²) in [5, 5.41) is -2.60. The van der Waals surface area contributed by atoms with Crippen LogP contribution >= 0.6 is 7.60 Å². The van der Waals surface area contributed by atoms with Crippen molar-refractivity contribution in [3.05, 3.63) is 16.7 Å². The summed E-state index contributed by atoms with van der Waals surface area (Å²) in [6.07, 6.45) is -1.59. The molecule has 0 atom stereocenters. The number of rotatable bonds is 11. The molecule has 5 N–H and O–H groups in total. The van der Waals surface area contributed by atoms with Crippen LogP contribution in [-0.4, -0.2) is 78.0 Å². The number of nitrogens with two attached hydrogens (primary N) is 1.